The third kappa shape index (κ3) is 3.78. The van der Waals surface area contributed by atoms with Crippen LogP contribution in [-0.2, 0) is 9.59 Å². The van der Waals surface area contributed by atoms with E-state index in [0.29, 0.717) is 29.3 Å². The largest absolute Gasteiger partial charge is 0.494 e. The lowest BCUT2D eigenvalue weighted by Gasteiger charge is -2.22. The zero-order valence-electron chi connectivity index (χ0n) is 18.8. The molecule has 3 aromatic carbocycles. The summed E-state index contributed by atoms with van der Waals surface area (Å²) in [5.74, 6) is 0.0175. The molecule has 4 rings (SSSR count). The van der Waals surface area contributed by atoms with Crippen LogP contribution in [0.1, 0.15) is 23.6 Å². The van der Waals surface area contributed by atoms with E-state index in [1.54, 1.807) is 29.2 Å². The molecular formula is C27H26N2O3. The molecule has 0 N–H and O–H groups in total. The van der Waals surface area contributed by atoms with Crippen molar-refractivity contribution < 1.29 is 14.3 Å². The number of benzene rings is 3. The molecule has 0 saturated heterocycles. The highest BCUT2D eigenvalue weighted by atomic mass is 16.5. The smallest absolute Gasteiger partial charge is 0.282 e. The molecule has 2 amide bonds. The molecule has 0 atom stereocenters. The number of aryl methyl sites for hydroxylation is 2. The highest BCUT2D eigenvalue weighted by Gasteiger charge is 2.42. The monoisotopic (exact) mass is 426 g/mol. The maximum atomic E-state index is 13.7. The van der Waals surface area contributed by atoms with Gasteiger partial charge in [-0.1, -0.05) is 42.0 Å². The van der Waals surface area contributed by atoms with E-state index in [1.807, 2.05) is 76.3 Å². The van der Waals surface area contributed by atoms with E-state index >= 15 is 0 Å². The molecule has 32 heavy (non-hydrogen) atoms. The van der Waals surface area contributed by atoms with Crippen molar-refractivity contribution in [3.8, 4) is 5.75 Å². The molecule has 1 aliphatic heterocycles. The van der Waals surface area contributed by atoms with Gasteiger partial charge in [0.2, 0.25) is 0 Å². The Morgan fingerprint density at radius 3 is 2.19 bits per heavy atom. The Morgan fingerprint density at radius 1 is 0.875 bits per heavy atom. The first kappa shape index (κ1) is 21.4. The van der Waals surface area contributed by atoms with Crippen molar-refractivity contribution in [2.45, 2.75) is 20.8 Å². The summed E-state index contributed by atoms with van der Waals surface area (Å²) >= 11 is 0. The molecule has 0 spiro atoms. The number of likely N-dealkylation sites (N-methyl/N-ethyl adjacent to an activating group) is 1. The highest BCUT2D eigenvalue weighted by molar-refractivity contribution is 6.46. The zero-order chi connectivity index (χ0) is 22.8. The Morgan fingerprint density at radius 2 is 1.56 bits per heavy atom. The van der Waals surface area contributed by atoms with Gasteiger partial charge in [-0.25, -0.2) is 4.90 Å². The van der Waals surface area contributed by atoms with Crippen LogP contribution in [0.3, 0.4) is 0 Å². The second-order valence-corrected chi connectivity index (χ2v) is 7.81. The van der Waals surface area contributed by atoms with Crippen LogP contribution in [0, 0.1) is 13.8 Å². The predicted molar refractivity (Wildman–Crippen MR) is 128 cm³/mol. The fraction of sp³-hybridized carbons (Fsp3) is 0.185. The van der Waals surface area contributed by atoms with Crippen LogP contribution in [0.15, 0.2) is 78.5 Å². The van der Waals surface area contributed by atoms with Crippen LogP contribution in [0.4, 0.5) is 11.4 Å². The fourth-order valence-corrected chi connectivity index (χ4v) is 4.04. The minimum Gasteiger partial charge on any atom is -0.494 e. The second kappa shape index (κ2) is 8.71. The topological polar surface area (TPSA) is 49.9 Å². The van der Waals surface area contributed by atoms with E-state index in [9.17, 15) is 9.59 Å². The zero-order valence-corrected chi connectivity index (χ0v) is 18.8. The summed E-state index contributed by atoms with van der Waals surface area (Å²) in [6.45, 7) is 6.43. The number of rotatable bonds is 6. The number of anilines is 2. The van der Waals surface area contributed by atoms with E-state index in [-0.39, 0.29) is 11.8 Å². The Kier molecular flexibility index (Phi) is 5.82. The molecule has 1 aliphatic rings. The van der Waals surface area contributed by atoms with Crippen LogP contribution in [-0.4, -0.2) is 25.5 Å². The second-order valence-electron chi connectivity index (χ2n) is 7.81. The van der Waals surface area contributed by atoms with E-state index in [1.165, 1.54) is 4.90 Å². The van der Waals surface area contributed by atoms with Crippen molar-refractivity contribution in [3.63, 3.8) is 0 Å². The average molecular weight is 427 g/mol. The Hall–Kier alpha value is -3.86. The van der Waals surface area contributed by atoms with Crippen LogP contribution >= 0.6 is 0 Å². The minimum absolute atomic E-state index is 0.330. The number of hydrogen-bond donors (Lipinski definition) is 0. The van der Waals surface area contributed by atoms with Gasteiger partial charge in [0.15, 0.2) is 0 Å². The molecule has 162 valence electrons. The quantitative estimate of drug-likeness (QED) is 0.513. The van der Waals surface area contributed by atoms with Crippen molar-refractivity contribution in [2.75, 3.05) is 23.5 Å². The first-order valence-corrected chi connectivity index (χ1v) is 10.6. The molecule has 0 fully saturated rings. The summed E-state index contributed by atoms with van der Waals surface area (Å²) in [4.78, 5) is 30.4. The number of carbonyl (C=O) groups excluding carboxylic acids is 2. The lowest BCUT2D eigenvalue weighted by atomic mass is 9.97. The van der Waals surface area contributed by atoms with E-state index in [2.05, 4.69) is 0 Å². The number of para-hydroxylation sites is 1. The highest BCUT2D eigenvalue weighted by Crippen LogP contribution is 2.37. The number of amides is 2. The Bertz CT molecular complexity index is 1200. The standard InChI is InChI=1S/C27H26N2O3/c1-5-32-22-14-12-21(13-15-22)29-26(30)24(23-16-11-18(2)17-19(23)3)25(27(29)31)28(4)20-9-7-6-8-10-20/h6-17H,5H2,1-4H3. The number of hydrogen-bond acceptors (Lipinski definition) is 4. The third-order valence-electron chi connectivity index (χ3n) is 5.60. The molecule has 0 bridgehead atoms. The van der Waals surface area contributed by atoms with Gasteiger partial charge in [0.25, 0.3) is 11.8 Å². The van der Waals surface area contributed by atoms with Gasteiger partial charge in [0.05, 0.1) is 17.9 Å². The number of imide groups is 1. The maximum absolute atomic E-state index is 13.7. The van der Waals surface area contributed by atoms with Crippen molar-refractivity contribution in [3.05, 3.63) is 95.2 Å². The molecule has 0 aliphatic carbocycles. The summed E-state index contributed by atoms with van der Waals surface area (Å²) in [6.07, 6.45) is 0. The number of ether oxygens (including phenoxy) is 1. The van der Waals surface area contributed by atoms with Crippen LogP contribution in [0.25, 0.3) is 5.57 Å². The molecular weight excluding hydrogens is 400 g/mol. The molecule has 0 aromatic heterocycles. The summed E-state index contributed by atoms with van der Waals surface area (Å²) < 4.78 is 5.50. The van der Waals surface area contributed by atoms with Crippen molar-refractivity contribution in [2.24, 2.45) is 0 Å². The molecule has 0 unspecified atom stereocenters. The van der Waals surface area contributed by atoms with Crippen molar-refractivity contribution in [1.29, 1.82) is 0 Å². The fourth-order valence-electron chi connectivity index (χ4n) is 4.04. The van der Waals surface area contributed by atoms with Gasteiger partial charge in [0, 0.05) is 12.7 Å². The van der Waals surface area contributed by atoms with Gasteiger partial charge in [-0.3, -0.25) is 9.59 Å². The van der Waals surface area contributed by atoms with Crippen molar-refractivity contribution in [1.82, 2.24) is 0 Å². The maximum Gasteiger partial charge on any atom is 0.282 e. The van der Waals surface area contributed by atoms with Gasteiger partial charge in [-0.15, -0.1) is 0 Å². The SMILES string of the molecule is CCOc1ccc(N2C(=O)C(c3ccc(C)cc3C)=C(N(C)c3ccccc3)C2=O)cc1. The van der Waals surface area contributed by atoms with Gasteiger partial charge in [-0.2, -0.15) is 0 Å². The third-order valence-corrected chi connectivity index (χ3v) is 5.60. The average Bonchev–Trinajstić information content (AvgIpc) is 3.04. The predicted octanol–water partition coefficient (Wildman–Crippen LogP) is 5.12. The summed E-state index contributed by atoms with van der Waals surface area (Å²) in [7, 11) is 1.82. The molecule has 0 radical (unpaired) electrons. The number of carbonyl (C=O) groups is 2. The molecule has 3 aromatic rings. The summed E-state index contributed by atoms with van der Waals surface area (Å²) in [5, 5.41) is 0. The van der Waals surface area contributed by atoms with Crippen LogP contribution in [0.5, 0.6) is 5.75 Å². The van der Waals surface area contributed by atoms with Gasteiger partial charge >= 0.3 is 0 Å². The molecule has 5 heteroatoms. The lowest BCUT2D eigenvalue weighted by molar-refractivity contribution is -0.120. The Labute approximate surface area is 188 Å². The van der Waals surface area contributed by atoms with E-state index in [4.69, 9.17) is 4.74 Å². The van der Waals surface area contributed by atoms with Crippen molar-refractivity contribution >= 4 is 28.8 Å². The van der Waals surface area contributed by atoms with E-state index in [0.717, 1.165) is 22.4 Å². The van der Waals surface area contributed by atoms with Gasteiger partial charge < -0.3 is 9.64 Å². The molecule has 0 saturated carbocycles. The first-order valence-electron chi connectivity index (χ1n) is 10.6. The van der Waals surface area contributed by atoms with Gasteiger partial charge in [-0.05, 0) is 68.3 Å². The lowest BCUT2D eigenvalue weighted by Crippen LogP contribution is -2.34. The van der Waals surface area contributed by atoms with Crippen LogP contribution in [0.2, 0.25) is 0 Å². The minimum atomic E-state index is -0.347. The molecule has 5 nitrogen and oxygen atoms in total. The summed E-state index contributed by atoms with van der Waals surface area (Å²) in [5.41, 5.74) is 4.94. The normalized spacial score (nSPS) is 13.7. The van der Waals surface area contributed by atoms with Gasteiger partial charge in [0.1, 0.15) is 11.4 Å². The molecule has 1 heterocycles. The summed E-state index contributed by atoms with van der Waals surface area (Å²) in [6, 6.07) is 22.5. The van der Waals surface area contributed by atoms with E-state index < -0.39 is 0 Å². The number of nitrogens with zero attached hydrogens (tertiary/aromatic N) is 2. The Balaban J connectivity index is 1.85. The van der Waals surface area contributed by atoms with Crippen LogP contribution < -0.4 is 14.5 Å². The first-order chi connectivity index (χ1) is 15.4.